The average Bonchev–Trinajstić information content (AvgIpc) is 2.86. The number of ether oxygens (including phenoxy) is 3. The lowest BCUT2D eigenvalue weighted by Gasteiger charge is -2.13. The monoisotopic (exact) mass is 480 g/mol. The molecule has 0 amide bonds. The molecule has 5 heteroatoms. The van der Waals surface area contributed by atoms with Crippen molar-refractivity contribution >= 4 is 18.0 Å². The van der Waals surface area contributed by atoms with E-state index in [1.165, 1.54) is 38.2 Å². The third kappa shape index (κ3) is 11.7. The fraction of sp³-hybridized carbons (Fsp3) is 0.467. The second-order valence-corrected chi connectivity index (χ2v) is 8.82. The van der Waals surface area contributed by atoms with Crippen LogP contribution < -0.4 is 9.47 Å². The summed E-state index contributed by atoms with van der Waals surface area (Å²) in [7, 11) is 0. The van der Waals surface area contributed by atoms with Crippen LogP contribution in [0.1, 0.15) is 94.5 Å². The summed E-state index contributed by atoms with van der Waals surface area (Å²) in [5.41, 5.74) is 1.32. The van der Waals surface area contributed by atoms with Gasteiger partial charge in [-0.05, 0) is 74.2 Å². The molecule has 0 aliphatic carbocycles. The van der Waals surface area contributed by atoms with E-state index in [2.05, 4.69) is 13.8 Å². The smallest absolute Gasteiger partial charge is 0.338 e. The van der Waals surface area contributed by atoms with Crippen molar-refractivity contribution in [2.24, 2.45) is 0 Å². The Bertz CT molecular complexity index is 899. The van der Waals surface area contributed by atoms with E-state index in [1.54, 1.807) is 30.3 Å². The number of benzene rings is 2. The SMILES string of the molecule is CCCCCCOc1ccc(/C=C/C(=O)Oc2ccc(C(=O)OC(C)CCCCCC)cc2)cc1. The summed E-state index contributed by atoms with van der Waals surface area (Å²) in [5, 5.41) is 0. The van der Waals surface area contributed by atoms with E-state index in [-0.39, 0.29) is 12.1 Å². The first-order valence-electron chi connectivity index (χ1n) is 13.0. The summed E-state index contributed by atoms with van der Waals surface area (Å²) in [6.45, 7) is 7.00. The van der Waals surface area contributed by atoms with Crippen molar-refractivity contribution in [3.63, 3.8) is 0 Å². The maximum Gasteiger partial charge on any atom is 0.338 e. The maximum absolute atomic E-state index is 12.3. The lowest BCUT2D eigenvalue weighted by atomic mass is 10.1. The molecule has 0 aromatic heterocycles. The predicted octanol–water partition coefficient (Wildman–Crippen LogP) is 7.78. The van der Waals surface area contributed by atoms with Gasteiger partial charge in [0, 0.05) is 6.08 Å². The second kappa shape index (κ2) is 16.5. The van der Waals surface area contributed by atoms with E-state index in [0.717, 1.165) is 43.6 Å². The fourth-order valence-corrected chi connectivity index (χ4v) is 3.54. The number of unbranched alkanes of at least 4 members (excludes halogenated alkanes) is 6. The Hall–Kier alpha value is -3.08. The predicted molar refractivity (Wildman–Crippen MR) is 141 cm³/mol. The molecule has 0 radical (unpaired) electrons. The average molecular weight is 481 g/mol. The van der Waals surface area contributed by atoms with Crippen LogP contribution in [0.15, 0.2) is 54.6 Å². The second-order valence-electron chi connectivity index (χ2n) is 8.82. The standard InChI is InChI=1S/C30H40O5/c1-4-6-8-10-12-24(3)34-30(32)26-16-20-28(21-17-26)35-29(31)22-15-25-13-18-27(19-14-25)33-23-11-9-7-5-2/h13-22,24H,4-12,23H2,1-3H3/b22-15+. The fourth-order valence-electron chi connectivity index (χ4n) is 3.54. The van der Waals surface area contributed by atoms with Crippen LogP contribution in [0.5, 0.6) is 11.5 Å². The maximum atomic E-state index is 12.3. The van der Waals surface area contributed by atoms with Crippen LogP contribution in [0.4, 0.5) is 0 Å². The number of carbonyl (C=O) groups is 2. The van der Waals surface area contributed by atoms with Gasteiger partial charge >= 0.3 is 11.9 Å². The minimum absolute atomic E-state index is 0.117. The van der Waals surface area contributed by atoms with Gasteiger partial charge < -0.3 is 14.2 Å². The Morgan fingerprint density at radius 3 is 2.09 bits per heavy atom. The van der Waals surface area contributed by atoms with Crippen LogP contribution in [0.2, 0.25) is 0 Å². The van der Waals surface area contributed by atoms with E-state index in [9.17, 15) is 9.59 Å². The van der Waals surface area contributed by atoms with Crippen LogP contribution in [0.25, 0.3) is 6.08 Å². The Morgan fingerprint density at radius 1 is 0.800 bits per heavy atom. The van der Waals surface area contributed by atoms with Gasteiger partial charge in [-0.25, -0.2) is 9.59 Å². The summed E-state index contributed by atoms with van der Waals surface area (Å²) in [5.74, 6) is 0.345. The molecular weight excluding hydrogens is 440 g/mol. The quantitative estimate of drug-likeness (QED) is 0.106. The molecule has 0 bridgehead atoms. The zero-order valence-electron chi connectivity index (χ0n) is 21.5. The number of rotatable bonds is 16. The first kappa shape index (κ1) is 28.2. The van der Waals surface area contributed by atoms with Gasteiger partial charge in [0.1, 0.15) is 11.5 Å². The molecule has 0 fully saturated rings. The highest BCUT2D eigenvalue weighted by molar-refractivity contribution is 5.90. The largest absolute Gasteiger partial charge is 0.494 e. The Labute approximate surface area is 210 Å². The molecule has 1 unspecified atom stereocenters. The van der Waals surface area contributed by atoms with Crippen molar-refractivity contribution in [2.75, 3.05) is 6.61 Å². The molecule has 0 aliphatic rings. The molecule has 35 heavy (non-hydrogen) atoms. The molecule has 5 nitrogen and oxygen atoms in total. The van der Waals surface area contributed by atoms with Crippen LogP contribution in [-0.4, -0.2) is 24.6 Å². The molecule has 0 heterocycles. The lowest BCUT2D eigenvalue weighted by molar-refractivity contribution is -0.128. The molecule has 0 N–H and O–H groups in total. The highest BCUT2D eigenvalue weighted by Gasteiger charge is 2.12. The first-order chi connectivity index (χ1) is 17.0. The van der Waals surface area contributed by atoms with Crippen molar-refractivity contribution < 1.29 is 23.8 Å². The summed E-state index contributed by atoms with van der Waals surface area (Å²) >= 11 is 0. The molecule has 1 atom stereocenters. The van der Waals surface area contributed by atoms with Gasteiger partial charge in [-0.2, -0.15) is 0 Å². The summed E-state index contributed by atoms with van der Waals surface area (Å²) in [4.78, 5) is 24.5. The van der Waals surface area contributed by atoms with Crippen molar-refractivity contribution in [3.8, 4) is 11.5 Å². The molecule has 0 aliphatic heterocycles. The van der Waals surface area contributed by atoms with Crippen molar-refractivity contribution in [1.82, 2.24) is 0 Å². The van der Waals surface area contributed by atoms with Crippen LogP contribution in [0.3, 0.4) is 0 Å². The van der Waals surface area contributed by atoms with Crippen LogP contribution in [0, 0.1) is 0 Å². The minimum Gasteiger partial charge on any atom is -0.494 e. The molecule has 0 saturated carbocycles. The Kier molecular flexibility index (Phi) is 13.3. The van der Waals surface area contributed by atoms with Gasteiger partial charge in [0.05, 0.1) is 18.3 Å². The molecule has 0 saturated heterocycles. The minimum atomic E-state index is -0.489. The van der Waals surface area contributed by atoms with Gasteiger partial charge in [0.25, 0.3) is 0 Å². The van der Waals surface area contributed by atoms with Crippen molar-refractivity contribution in [2.45, 2.75) is 84.7 Å². The van der Waals surface area contributed by atoms with Gasteiger partial charge in [-0.15, -0.1) is 0 Å². The molecule has 190 valence electrons. The van der Waals surface area contributed by atoms with Gasteiger partial charge in [-0.3, -0.25) is 0 Å². The number of hydrogen-bond donors (Lipinski definition) is 0. The third-order valence-electron chi connectivity index (χ3n) is 5.64. The van der Waals surface area contributed by atoms with E-state index in [1.807, 2.05) is 31.2 Å². The zero-order valence-corrected chi connectivity index (χ0v) is 21.5. The lowest BCUT2D eigenvalue weighted by Crippen LogP contribution is -2.15. The summed E-state index contributed by atoms with van der Waals surface area (Å²) in [6.07, 6.45) is 13.1. The van der Waals surface area contributed by atoms with E-state index >= 15 is 0 Å². The van der Waals surface area contributed by atoms with E-state index in [4.69, 9.17) is 14.2 Å². The summed E-state index contributed by atoms with van der Waals surface area (Å²) < 4.78 is 16.6. The topological polar surface area (TPSA) is 61.8 Å². The number of esters is 2. The number of carbonyl (C=O) groups excluding carboxylic acids is 2. The molecular formula is C30H40O5. The first-order valence-corrected chi connectivity index (χ1v) is 13.0. The molecule has 2 rings (SSSR count). The Balaban J connectivity index is 1.75. The summed E-state index contributed by atoms with van der Waals surface area (Å²) in [6, 6.07) is 14.0. The zero-order chi connectivity index (χ0) is 25.3. The van der Waals surface area contributed by atoms with E-state index < -0.39 is 5.97 Å². The van der Waals surface area contributed by atoms with Gasteiger partial charge in [0.2, 0.25) is 0 Å². The number of hydrogen-bond acceptors (Lipinski definition) is 5. The van der Waals surface area contributed by atoms with Crippen molar-refractivity contribution in [1.29, 1.82) is 0 Å². The third-order valence-corrected chi connectivity index (χ3v) is 5.64. The van der Waals surface area contributed by atoms with E-state index in [0.29, 0.717) is 11.3 Å². The van der Waals surface area contributed by atoms with Crippen molar-refractivity contribution in [3.05, 3.63) is 65.7 Å². The van der Waals surface area contributed by atoms with Crippen LogP contribution in [-0.2, 0) is 9.53 Å². The van der Waals surface area contributed by atoms with Crippen LogP contribution >= 0.6 is 0 Å². The molecule has 0 spiro atoms. The normalized spacial score (nSPS) is 11.9. The molecule has 2 aromatic carbocycles. The Morgan fingerprint density at radius 2 is 1.43 bits per heavy atom. The highest BCUT2D eigenvalue weighted by Crippen LogP contribution is 2.17. The molecule has 2 aromatic rings. The van der Waals surface area contributed by atoms with Gasteiger partial charge in [-0.1, -0.05) is 64.5 Å². The van der Waals surface area contributed by atoms with Gasteiger partial charge in [0.15, 0.2) is 0 Å². The highest BCUT2D eigenvalue weighted by atomic mass is 16.5.